The van der Waals surface area contributed by atoms with Gasteiger partial charge in [0.05, 0.1) is 6.54 Å². The van der Waals surface area contributed by atoms with E-state index in [1.54, 1.807) is 0 Å². The number of hydrogen-bond donors (Lipinski definition) is 0. The zero-order chi connectivity index (χ0) is 14.9. The van der Waals surface area contributed by atoms with Crippen LogP contribution in [0.3, 0.4) is 0 Å². The van der Waals surface area contributed by atoms with Gasteiger partial charge in [0.25, 0.3) is 0 Å². The van der Waals surface area contributed by atoms with Crippen LogP contribution in [0, 0.1) is 11.6 Å². The minimum atomic E-state index is -1.15. The third kappa shape index (κ3) is 2.56. The van der Waals surface area contributed by atoms with Gasteiger partial charge in [-0.05, 0) is 18.2 Å². The molecule has 0 saturated heterocycles. The van der Waals surface area contributed by atoms with Crippen molar-refractivity contribution in [3.05, 3.63) is 68.5 Å². The number of rotatable bonds is 3. The Bertz CT molecular complexity index is 793. The van der Waals surface area contributed by atoms with E-state index < -0.39 is 35.1 Å². The Kier molecular flexibility index (Phi) is 3.60. The Morgan fingerprint density at radius 1 is 1.10 bits per heavy atom. The largest absolute Gasteiger partial charge is 0.316 e. The molecule has 0 fully saturated rings. The number of aryl methyl sites for hydroxylation is 1. The van der Waals surface area contributed by atoms with Crippen LogP contribution in [-0.2, 0) is 13.6 Å². The number of hydrogen-bond acceptors (Lipinski definition) is 3. The highest BCUT2D eigenvalue weighted by Gasteiger charge is 2.12. The second-order valence-electron chi connectivity index (χ2n) is 4.20. The lowest BCUT2D eigenvalue weighted by molar-refractivity contribution is 0.0970. The predicted molar refractivity (Wildman–Crippen MR) is 66.6 cm³/mol. The van der Waals surface area contributed by atoms with E-state index in [4.69, 9.17) is 0 Å². The van der Waals surface area contributed by atoms with Crippen LogP contribution in [0.2, 0.25) is 0 Å². The molecule has 0 N–H and O–H groups in total. The summed E-state index contributed by atoms with van der Waals surface area (Å²) in [6, 6.07) is 2.70. The molecule has 1 aromatic carbocycles. The van der Waals surface area contributed by atoms with Gasteiger partial charge in [-0.25, -0.2) is 8.78 Å². The van der Waals surface area contributed by atoms with Crippen molar-refractivity contribution in [2.45, 2.75) is 6.54 Å². The third-order valence-electron chi connectivity index (χ3n) is 2.79. The lowest BCUT2D eigenvalue weighted by Gasteiger charge is -2.06. The number of carbonyl (C=O) groups excluding carboxylic acids is 1. The quantitative estimate of drug-likeness (QED) is 0.614. The number of halogens is 2. The summed E-state index contributed by atoms with van der Waals surface area (Å²) >= 11 is 0. The molecule has 20 heavy (non-hydrogen) atoms. The molecule has 0 aliphatic carbocycles. The number of benzene rings is 1. The Labute approximate surface area is 111 Å². The van der Waals surface area contributed by atoms with Crippen LogP contribution in [-0.4, -0.2) is 14.9 Å². The fourth-order valence-electron chi connectivity index (χ4n) is 1.63. The highest BCUT2D eigenvalue weighted by Crippen LogP contribution is 2.09. The number of aromatic nitrogens is 2. The van der Waals surface area contributed by atoms with Crippen molar-refractivity contribution in [1.82, 2.24) is 9.13 Å². The molecule has 0 unspecified atom stereocenters. The number of nitrogens with zero attached hydrogens (tertiary/aromatic N) is 2. The van der Waals surface area contributed by atoms with Crippen molar-refractivity contribution in [1.29, 1.82) is 0 Å². The number of ketones is 1. The van der Waals surface area contributed by atoms with Gasteiger partial charge in [-0.2, -0.15) is 0 Å². The van der Waals surface area contributed by atoms with E-state index in [1.807, 2.05) is 0 Å². The summed E-state index contributed by atoms with van der Waals surface area (Å²) in [6.45, 7) is -0.417. The minimum absolute atomic E-state index is 0.0727. The molecule has 1 heterocycles. The zero-order valence-corrected chi connectivity index (χ0v) is 10.5. The molecular weight excluding hydrogens is 270 g/mol. The number of Topliss-reactive ketones (excluding diaryl/α,β-unsaturated/α-hetero) is 1. The van der Waals surface area contributed by atoms with Crippen molar-refractivity contribution in [2.75, 3.05) is 0 Å². The molecule has 104 valence electrons. The molecular formula is C13H10F2N2O3. The summed E-state index contributed by atoms with van der Waals surface area (Å²) in [6.07, 6.45) is 2.61. The highest BCUT2D eigenvalue weighted by molar-refractivity contribution is 5.95. The molecule has 1 aromatic heterocycles. The first-order valence-electron chi connectivity index (χ1n) is 5.64. The van der Waals surface area contributed by atoms with Crippen LogP contribution >= 0.6 is 0 Å². The van der Waals surface area contributed by atoms with Gasteiger partial charge in [-0.1, -0.05) is 0 Å². The average Bonchev–Trinajstić information content (AvgIpc) is 2.42. The molecule has 0 spiro atoms. The van der Waals surface area contributed by atoms with E-state index in [0.29, 0.717) is 0 Å². The maximum absolute atomic E-state index is 13.0. The molecule has 7 heteroatoms. The van der Waals surface area contributed by atoms with E-state index in [2.05, 4.69) is 0 Å². The Morgan fingerprint density at radius 2 is 1.80 bits per heavy atom. The summed E-state index contributed by atoms with van der Waals surface area (Å²) in [5.41, 5.74) is -1.70. The maximum Gasteiger partial charge on any atom is 0.316 e. The van der Waals surface area contributed by atoms with Gasteiger partial charge in [0.15, 0.2) is 17.4 Å². The molecule has 5 nitrogen and oxygen atoms in total. The second kappa shape index (κ2) is 5.20. The van der Waals surface area contributed by atoms with Crippen molar-refractivity contribution in [3.63, 3.8) is 0 Å². The Morgan fingerprint density at radius 3 is 2.45 bits per heavy atom. The zero-order valence-electron chi connectivity index (χ0n) is 10.5. The van der Waals surface area contributed by atoms with Crippen molar-refractivity contribution >= 4 is 5.78 Å². The van der Waals surface area contributed by atoms with Gasteiger partial charge < -0.3 is 9.13 Å². The predicted octanol–water partition coefficient (Wildman–Crippen LogP) is 0.708. The lowest BCUT2D eigenvalue weighted by atomic mass is 10.1. The maximum atomic E-state index is 13.0. The average molecular weight is 280 g/mol. The molecule has 0 aliphatic heterocycles. The first-order valence-corrected chi connectivity index (χ1v) is 5.64. The third-order valence-corrected chi connectivity index (χ3v) is 2.79. The van der Waals surface area contributed by atoms with Gasteiger partial charge in [0.1, 0.15) is 0 Å². The Hall–Kier alpha value is -2.57. The smallest absolute Gasteiger partial charge is 0.312 e. The summed E-state index contributed by atoms with van der Waals surface area (Å²) < 4.78 is 27.8. The molecule has 0 bridgehead atoms. The summed E-state index contributed by atoms with van der Waals surface area (Å²) in [4.78, 5) is 34.9. The molecule has 2 aromatic rings. The van der Waals surface area contributed by atoms with Crippen molar-refractivity contribution in [3.8, 4) is 0 Å². The van der Waals surface area contributed by atoms with Crippen molar-refractivity contribution in [2.24, 2.45) is 7.05 Å². The van der Waals surface area contributed by atoms with Crippen molar-refractivity contribution < 1.29 is 13.6 Å². The first kappa shape index (κ1) is 13.9. The summed E-state index contributed by atoms with van der Waals surface area (Å²) in [5, 5.41) is 0. The highest BCUT2D eigenvalue weighted by atomic mass is 19.2. The van der Waals surface area contributed by atoms with E-state index in [-0.39, 0.29) is 5.56 Å². The van der Waals surface area contributed by atoms with Crippen LogP contribution in [0.15, 0.2) is 40.2 Å². The monoisotopic (exact) mass is 280 g/mol. The van der Waals surface area contributed by atoms with E-state index in [0.717, 1.165) is 27.3 Å². The fourth-order valence-corrected chi connectivity index (χ4v) is 1.63. The molecule has 0 radical (unpaired) electrons. The first-order chi connectivity index (χ1) is 9.40. The van der Waals surface area contributed by atoms with Gasteiger partial charge in [-0.15, -0.1) is 0 Å². The normalized spacial score (nSPS) is 10.6. The minimum Gasteiger partial charge on any atom is -0.312 e. The summed E-state index contributed by atoms with van der Waals surface area (Å²) in [7, 11) is 1.41. The molecule has 0 saturated carbocycles. The SMILES string of the molecule is Cn1ccn(CC(=O)c2ccc(F)c(F)c2)c(=O)c1=O. The Balaban J connectivity index is 2.33. The van der Waals surface area contributed by atoms with Crippen LogP contribution < -0.4 is 11.1 Å². The van der Waals surface area contributed by atoms with Gasteiger partial charge in [-0.3, -0.25) is 14.4 Å². The second-order valence-corrected chi connectivity index (χ2v) is 4.20. The van der Waals surface area contributed by atoms with E-state index in [1.165, 1.54) is 19.4 Å². The summed E-state index contributed by atoms with van der Waals surface area (Å²) in [5.74, 6) is -2.81. The van der Waals surface area contributed by atoms with Crippen LogP contribution in [0.1, 0.15) is 10.4 Å². The number of carbonyl (C=O) groups is 1. The molecule has 0 amide bonds. The van der Waals surface area contributed by atoms with Crippen LogP contribution in [0.25, 0.3) is 0 Å². The lowest BCUT2D eigenvalue weighted by Crippen LogP contribution is -2.40. The molecule has 0 atom stereocenters. The molecule has 2 rings (SSSR count). The van der Waals surface area contributed by atoms with Gasteiger partial charge >= 0.3 is 11.1 Å². The standard InChI is InChI=1S/C13H10F2N2O3/c1-16-4-5-17(13(20)12(16)19)7-11(18)8-2-3-9(14)10(15)6-8/h2-6H,7H2,1H3. The van der Waals surface area contributed by atoms with Gasteiger partial charge in [0.2, 0.25) is 0 Å². The van der Waals surface area contributed by atoms with E-state index >= 15 is 0 Å². The van der Waals surface area contributed by atoms with E-state index in [9.17, 15) is 23.2 Å². The molecule has 0 aliphatic rings. The van der Waals surface area contributed by atoms with Crippen LogP contribution in [0.5, 0.6) is 0 Å². The topological polar surface area (TPSA) is 61.1 Å². The fraction of sp³-hybridized carbons (Fsp3) is 0.154. The van der Waals surface area contributed by atoms with Crippen LogP contribution in [0.4, 0.5) is 8.78 Å². The van der Waals surface area contributed by atoms with Gasteiger partial charge in [0, 0.05) is 25.0 Å².